The van der Waals surface area contributed by atoms with Crippen LogP contribution in [0, 0.1) is 0 Å². The highest BCUT2D eigenvalue weighted by Crippen LogP contribution is 2.21. The van der Waals surface area contributed by atoms with Gasteiger partial charge in [-0.05, 0) is 6.42 Å². The van der Waals surface area contributed by atoms with Crippen LogP contribution in [0.5, 0.6) is 0 Å². The Morgan fingerprint density at radius 1 is 1.54 bits per heavy atom. The van der Waals surface area contributed by atoms with Crippen LogP contribution in [0.25, 0.3) is 0 Å². The predicted molar refractivity (Wildman–Crippen MR) is 52.7 cm³/mol. The first kappa shape index (κ1) is 10.3. The number of nitrogens with two attached hydrogens (primary N) is 1. The van der Waals surface area contributed by atoms with Gasteiger partial charge in [-0.3, -0.25) is 0 Å². The maximum absolute atomic E-state index is 5.62. The molecule has 0 aliphatic heterocycles. The molecule has 1 rings (SSSR count). The lowest BCUT2D eigenvalue weighted by Crippen LogP contribution is -2.11. The van der Waals surface area contributed by atoms with Crippen molar-refractivity contribution in [3.63, 3.8) is 0 Å². The summed E-state index contributed by atoms with van der Waals surface area (Å²) in [7, 11) is 0. The molecule has 0 fully saturated rings. The van der Waals surface area contributed by atoms with Crippen LogP contribution in [0.4, 0.5) is 0 Å². The van der Waals surface area contributed by atoms with Crippen LogP contribution >= 0.6 is 0 Å². The highest BCUT2D eigenvalue weighted by atomic mass is 16.5. The van der Waals surface area contributed by atoms with Gasteiger partial charge in [-0.2, -0.15) is 0 Å². The Labute approximate surface area is 79.3 Å². The van der Waals surface area contributed by atoms with E-state index in [9.17, 15) is 0 Å². The summed E-state index contributed by atoms with van der Waals surface area (Å²) in [6.45, 7) is 6.93. The van der Waals surface area contributed by atoms with Gasteiger partial charge in [0.1, 0.15) is 5.76 Å². The van der Waals surface area contributed by atoms with E-state index in [1.54, 1.807) is 0 Å². The van der Waals surface area contributed by atoms with Crippen molar-refractivity contribution in [3.8, 4) is 0 Å². The van der Waals surface area contributed by atoms with E-state index in [0.29, 0.717) is 18.4 Å². The largest absolute Gasteiger partial charge is 0.361 e. The summed E-state index contributed by atoms with van der Waals surface area (Å²) in [5, 5.41) is 4.02. The molecule has 1 atom stereocenters. The Balaban J connectivity index is 2.78. The van der Waals surface area contributed by atoms with Crippen LogP contribution in [0.1, 0.15) is 50.5 Å². The topological polar surface area (TPSA) is 52.0 Å². The van der Waals surface area contributed by atoms with Gasteiger partial charge in [0.2, 0.25) is 0 Å². The summed E-state index contributed by atoms with van der Waals surface area (Å²) in [4.78, 5) is 0. The Morgan fingerprint density at radius 2 is 2.23 bits per heavy atom. The monoisotopic (exact) mass is 182 g/mol. The zero-order valence-electron chi connectivity index (χ0n) is 8.58. The number of rotatable bonds is 4. The van der Waals surface area contributed by atoms with Gasteiger partial charge in [0.15, 0.2) is 0 Å². The van der Waals surface area contributed by atoms with Gasteiger partial charge in [-0.15, -0.1) is 0 Å². The third-order valence-corrected chi connectivity index (χ3v) is 2.31. The molecule has 3 nitrogen and oxygen atoms in total. The van der Waals surface area contributed by atoms with Crippen LogP contribution < -0.4 is 5.73 Å². The van der Waals surface area contributed by atoms with Crippen molar-refractivity contribution in [1.82, 2.24) is 5.16 Å². The first-order chi connectivity index (χ1) is 6.19. The molecule has 0 aromatic carbocycles. The maximum Gasteiger partial charge on any atom is 0.139 e. The molecule has 0 saturated heterocycles. The summed E-state index contributed by atoms with van der Waals surface area (Å²) in [6.07, 6.45) is 1.01. The summed E-state index contributed by atoms with van der Waals surface area (Å²) < 4.78 is 5.21. The molecule has 0 saturated carbocycles. The van der Waals surface area contributed by atoms with E-state index in [-0.39, 0.29) is 0 Å². The van der Waals surface area contributed by atoms with E-state index in [0.717, 1.165) is 17.9 Å². The third kappa shape index (κ3) is 2.31. The molecule has 1 aromatic rings. The van der Waals surface area contributed by atoms with E-state index in [1.807, 2.05) is 6.07 Å². The molecule has 0 radical (unpaired) electrons. The van der Waals surface area contributed by atoms with Gasteiger partial charge < -0.3 is 10.3 Å². The number of hydrogen-bond acceptors (Lipinski definition) is 3. The van der Waals surface area contributed by atoms with E-state index in [2.05, 4.69) is 25.9 Å². The molecule has 1 aromatic heterocycles. The Bertz CT molecular complexity index is 251. The van der Waals surface area contributed by atoms with Crippen molar-refractivity contribution < 1.29 is 4.52 Å². The van der Waals surface area contributed by atoms with E-state index in [4.69, 9.17) is 10.3 Å². The molecule has 0 aliphatic rings. The van der Waals surface area contributed by atoms with Crippen LogP contribution in [0.15, 0.2) is 10.6 Å². The molecule has 0 spiro atoms. The SMILES string of the molecule is CCC(CN)c1cc(C(C)C)on1. The Hall–Kier alpha value is -0.830. The van der Waals surface area contributed by atoms with Gasteiger partial charge in [0.25, 0.3) is 0 Å². The van der Waals surface area contributed by atoms with Gasteiger partial charge in [-0.1, -0.05) is 25.9 Å². The predicted octanol–water partition coefficient (Wildman–Crippen LogP) is 2.25. The van der Waals surface area contributed by atoms with Gasteiger partial charge >= 0.3 is 0 Å². The fourth-order valence-electron chi connectivity index (χ4n) is 1.26. The van der Waals surface area contributed by atoms with Crippen molar-refractivity contribution in [2.24, 2.45) is 5.73 Å². The van der Waals surface area contributed by atoms with Gasteiger partial charge in [-0.25, -0.2) is 0 Å². The second-order valence-electron chi connectivity index (χ2n) is 3.65. The fraction of sp³-hybridized carbons (Fsp3) is 0.700. The fourth-order valence-corrected chi connectivity index (χ4v) is 1.26. The van der Waals surface area contributed by atoms with Gasteiger partial charge in [0, 0.05) is 24.4 Å². The van der Waals surface area contributed by atoms with E-state index < -0.39 is 0 Å². The van der Waals surface area contributed by atoms with Crippen molar-refractivity contribution in [2.75, 3.05) is 6.54 Å². The second kappa shape index (κ2) is 4.42. The summed E-state index contributed by atoms with van der Waals surface area (Å²) in [6, 6.07) is 2.02. The van der Waals surface area contributed by atoms with Crippen LogP contribution in [-0.4, -0.2) is 11.7 Å². The first-order valence-electron chi connectivity index (χ1n) is 4.85. The molecule has 74 valence electrons. The molecule has 2 N–H and O–H groups in total. The smallest absolute Gasteiger partial charge is 0.139 e. The zero-order valence-corrected chi connectivity index (χ0v) is 8.58. The molecular formula is C10H18N2O. The average Bonchev–Trinajstić information content (AvgIpc) is 2.56. The Morgan fingerprint density at radius 3 is 2.62 bits per heavy atom. The maximum atomic E-state index is 5.62. The molecule has 13 heavy (non-hydrogen) atoms. The number of aromatic nitrogens is 1. The number of hydrogen-bond donors (Lipinski definition) is 1. The Kier molecular flexibility index (Phi) is 3.48. The standard InChI is InChI=1S/C10H18N2O/c1-4-8(6-11)9-5-10(7(2)3)13-12-9/h5,7-8H,4,6,11H2,1-3H3. The number of nitrogens with zero attached hydrogens (tertiary/aromatic N) is 1. The van der Waals surface area contributed by atoms with Crippen molar-refractivity contribution in [1.29, 1.82) is 0 Å². The summed E-state index contributed by atoms with van der Waals surface area (Å²) >= 11 is 0. The minimum atomic E-state index is 0.344. The molecule has 0 aliphatic carbocycles. The van der Waals surface area contributed by atoms with Gasteiger partial charge in [0.05, 0.1) is 5.69 Å². The quantitative estimate of drug-likeness (QED) is 0.777. The lowest BCUT2D eigenvalue weighted by molar-refractivity contribution is 0.361. The molecule has 3 heteroatoms. The minimum absolute atomic E-state index is 0.344. The molecule has 0 bridgehead atoms. The average molecular weight is 182 g/mol. The third-order valence-electron chi connectivity index (χ3n) is 2.31. The normalized spacial score (nSPS) is 13.6. The highest BCUT2D eigenvalue weighted by Gasteiger charge is 2.14. The van der Waals surface area contributed by atoms with E-state index in [1.165, 1.54) is 0 Å². The summed E-state index contributed by atoms with van der Waals surface area (Å²) in [5.41, 5.74) is 6.61. The summed E-state index contributed by atoms with van der Waals surface area (Å²) in [5.74, 6) is 1.69. The zero-order chi connectivity index (χ0) is 9.84. The van der Waals surface area contributed by atoms with Crippen molar-refractivity contribution >= 4 is 0 Å². The molecular weight excluding hydrogens is 164 g/mol. The lowest BCUT2D eigenvalue weighted by Gasteiger charge is -2.05. The van der Waals surface area contributed by atoms with Crippen molar-refractivity contribution in [3.05, 3.63) is 17.5 Å². The first-order valence-corrected chi connectivity index (χ1v) is 4.85. The second-order valence-corrected chi connectivity index (χ2v) is 3.65. The minimum Gasteiger partial charge on any atom is -0.361 e. The molecule has 1 unspecified atom stereocenters. The lowest BCUT2D eigenvalue weighted by atomic mass is 10.0. The van der Waals surface area contributed by atoms with Crippen LogP contribution in [0.3, 0.4) is 0 Å². The highest BCUT2D eigenvalue weighted by molar-refractivity contribution is 5.13. The van der Waals surface area contributed by atoms with Crippen LogP contribution in [-0.2, 0) is 0 Å². The molecule has 1 heterocycles. The van der Waals surface area contributed by atoms with E-state index >= 15 is 0 Å². The van der Waals surface area contributed by atoms with Crippen molar-refractivity contribution in [2.45, 2.75) is 39.0 Å². The van der Waals surface area contributed by atoms with Crippen LogP contribution in [0.2, 0.25) is 0 Å². The molecule has 0 amide bonds.